The van der Waals surface area contributed by atoms with E-state index in [1.807, 2.05) is 19.3 Å². The van der Waals surface area contributed by atoms with E-state index in [4.69, 9.17) is 10.6 Å². The highest BCUT2D eigenvalue weighted by molar-refractivity contribution is 5.73. The maximum absolute atomic E-state index is 10.6. The van der Waals surface area contributed by atoms with Crippen LogP contribution in [0.5, 0.6) is 0 Å². The van der Waals surface area contributed by atoms with E-state index in [0.29, 0.717) is 13.2 Å². The number of amides is 2. The predicted molar refractivity (Wildman–Crippen MR) is 41.8 cm³/mol. The van der Waals surface area contributed by atoms with Gasteiger partial charge >= 0.3 is 6.03 Å². The minimum Gasteiger partial charge on any atom is -0.380 e. The molecule has 0 saturated heterocycles. The van der Waals surface area contributed by atoms with Crippen LogP contribution in [-0.2, 0) is 4.74 Å². The highest BCUT2D eigenvalue weighted by Crippen LogP contribution is 1.82. The van der Waals surface area contributed by atoms with Crippen molar-refractivity contribution in [2.45, 2.75) is 19.9 Å². The van der Waals surface area contributed by atoms with E-state index in [1.165, 1.54) is 0 Å². The first-order valence-electron chi connectivity index (χ1n) is 3.55. The second-order valence-corrected chi connectivity index (χ2v) is 2.18. The second-order valence-electron chi connectivity index (χ2n) is 2.18. The summed E-state index contributed by atoms with van der Waals surface area (Å²) in [6, 6.07) is -0.407. The Morgan fingerprint density at radius 1 is 1.73 bits per heavy atom. The van der Waals surface area contributed by atoms with Gasteiger partial charge < -0.3 is 10.1 Å². The van der Waals surface area contributed by atoms with Crippen LogP contribution >= 0.6 is 0 Å². The molecule has 0 spiro atoms. The SMILES string of the molecule is CCOCC(C)NC(=O)NN. The molecule has 0 saturated carbocycles. The van der Waals surface area contributed by atoms with Crippen molar-refractivity contribution in [2.24, 2.45) is 5.84 Å². The Labute approximate surface area is 66.2 Å². The molecule has 66 valence electrons. The lowest BCUT2D eigenvalue weighted by Gasteiger charge is -2.12. The molecule has 0 bridgehead atoms. The summed E-state index contributed by atoms with van der Waals surface area (Å²) in [6.45, 7) is 4.89. The number of carbonyl (C=O) groups excluding carboxylic acids is 1. The summed E-state index contributed by atoms with van der Waals surface area (Å²) < 4.78 is 5.06. The van der Waals surface area contributed by atoms with Crippen LogP contribution in [0.4, 0.5) is 4.79 Å². The average Bonchev–Trinajstić information content (AvgIpc) is 2.00. The van der Waals surface area contributed by atoms with E-state index in [2.05, 4.69) is 5.32 Å². The van der Waals surface area contributed by atoms with Crippen LogP contribution in [-0.4, -0.2) is 25.3 Å². The third-order valence-electron chi connectivity index (χ3n) is 1.08. The van der Waals surface area contributed by atoms with Crippen LogP contribution in [0.2, 0.25) is 0 Å². The largest absolute Gasteiger partial charge is 0.380 e. The van der Waals surface area contributed by atoms with Gasteiger partial charge in [-0.05, 0) is 13.8 Å². The van der Waals surface area contributed by atoms with Crippen molar-refractivity contribution in [3.8, 4) is 0 Å². The lowest BCUT2D eigenvalue weighted by Crippen LogP contribution is -2.45. The lowest BCUT2D eigenvalue weighted by atomic mass is 10.4. The van der Waals surface area contributed by atoms with Gasteiger partial charge in [0.15, 0.2) is 0 Å². The van der Waals surface area contributed by atoms with Crippen LogP contribution < -0.4 is 16.6 Å². The summed E-state index contributed by atoms with van der Waals surface area (Å²) in [6.07, 6.45) is 0. The molecule has 0 aliphatic rings. The van der Waals surface area contributed by atoms with Crippen LogP contribution in [0.15, 0.2) is 0 Å². The molecule has 0 aliphatic carbocycles. The summed E-state index contributed by atoms with van der Waals surface area (Å²) in [4.78, 5) is 10.6. The molecule has 11 heavy (non-hydrogen) atoms. The third-order valence-corrected chi connectivity index (χ3v) is 1.08. The van der Waals surface area contributed by atoms with Gasteiger partial charge in [0.1, 0.15) is 0 Å². The first-order chi connectivity index (χ1) is 5.20. The highest BCUT2D eigenvalue weighted by atomic mass is 16.5. The fourth-order valence-electron chi connectivity index (χ4n) is 0.602. The van der Waals surface area contributed by atoms with Crippen molar-refractivity contribution in [3.63, 3.8) is 0 Å². The van der Waals surface area contributed by atoms with Crippen LogP contribution in [0.1, 0.15) is 13.8 Å². The van der Waals surface area contributed by atoms with Gasteiger partial charge in [-0.15, -0.1) is 0 Å². The lowest BCUT2D eigenvalue weighted by molar-refractivity contribution is 0.128. The van der Waals surface area contributed by atoms with Gasteiger partial charge in [0.25, 0.3) is 0 Å². The van der Waals surface area contributed by atoms with Gasteiger partial charge in [0, 0.05) is 6.61 Å². The van der Waals surface area contributed by atoms with E-state index in [0.717, 1.165) is 0 Å². The molecule has 0 aromatic heterocycles. The number of hydrogen-bond donors (Lipinski definition) is 3. The molecule has 0 aromatic carbocycles. The van der Waals surface area contributed by atoms with Crippen molar-refractivity contribution in [1.29, 1.82) is 0 Å². The topological polar surface area (TPSA) is 76.4 Å². The molecule has 0 fully saturated rings. The second kappa shape index (κ2) is 5.94. The molecule has 0 heterocycles. The van der Waals surface area contributed by atoms with Crippen LogP contribution in [0.3, 0.4) is 0 Å². The Bertz CT molecular complexity index is 118. The summed E-state index contributed by atoms with van der Waals surface area (Å²) >= 11 is 0. The molecule has 2 amide bonds. The monoisotopic (exact) mass is 161 g/mol. The summed E-state index contributed by atoms with van der Waals surface area (Å²) in [5.74, 6) is 4.85. The Hall–Kier alpha value is -0.810. The quantitative estimate of drug-likeness (QED) is 0.298. The fraction of sp³-hybridized carbons (Fsp3) is 0.833. The maximum atomic E-state index is 10.6. The molecular weight excluding hydrogens is 146 g/mol. The molecule has 5 heteroatoms. The molecule has 0 aliphatic heterocycles. The molecule has 4 N–H and O–H groups in total. The van der Waals surface area contributed by atoms with Gasteiger partial charge in [-0.1, -0.05) is 0 Å². The summed E-state index contributed by atoms with van der Waals surface area (Å²) in [5.41, 5.74) is 1.97. The number of ether oxygens (including phenoxy) is 1. The Balaban J connectivity index is 3.35. The maximum Gasteiger partial charge on any atom is 0.329 e. The van der Waals surface area contributed by atoms with E-state index < -0.39 is 6.03 Å². The highest BCUT2D eigenvalue weighted by Gasteiger charge is 2.03. The zero-order valence-corrected chi connectivity index (χ0v) is 6.89. The zero-order valence-electron chi connectivity index (χ0n) is 6.89. The van der Waals surface area contributed by atoms with E-state index in [-0.39, 0.29) is 6.04 Å². The van der Waals surface area contributed by atoms with Gasteiger partial charge in [0.05, 0.1) is 12.6 Å². The first kappa shape index (κ1) is 10.2. The molecule has 0 radical (unpaired) electrons. The van der Waals surface area contributed by atoms with Crippen molar-refractivity contribution in [2.75, 3.05) is 13.2 Å². The minimum absolute atomic E-state index is 0.0153. The number of hydrazine groups is 1. The molecule has 1 atom stereocenters. The van der Waals surface area contributed by atoms with E-state index >= 15 is 0 Å². The van der Waals surface area contributed by atoms with Gasteiger partial charge in [-0.25, -0.2) is 10.6 Å². The average molecular weight is 161 g/mol. The van der Waals surface area contributed by atoms with Crippen molar-refractivity contribution in [3.05, 3.63) is 0 Å². The number of urea groups is 1. The molecule has 0 rings (SSSR count). The van der Waals surface area contributed by atoms with Crippen molar-refractivity contribution < 1.29 is 9.53 Å². The van der Waals surface area contributed by atoms with E-state index in [1.54, 1.807) is 0 Å². The third kappa shape index (κ3) is 5.63. The minimum atomic E-state index is -0.391. The molecule has 0 aromatic rings. The summed E-state index contributed by atoms with van der Waals surface area (Å²) in [5, 5.41) is 2.56. The van der Waals surface area contributed by atoms with Crippen molar-refractivity contribution >= 4 is 6.03 Å². The van der Waals surface area contributed by atoms with Crippen LogP contribution in [0.25, 0.3) is 0 Å². The number of carbonyl (C=O) groups is 1. The van der Waals surface area contributed by atoms with Gasteiger partial charge in [-0.2, -0.15) is 0 Å². The normalized spacial score (nSPS) is 12.3. The summed E-state index contributed by atoms with van der Waals surface area (Å²) in [7, 11) is 0. The standard InChI is InChI=1S/C6H15N3O2/c1-3-11-4-5(2)8-6(10)9-7/h5H,3-4,7H2,1-2H3,(H2,8,9,10). The van der Waals surface area contributed by atoms with Crippen LogP contribution in [0, 0.1) is 0 Å². The predicted octanol–water partition coefficient (Wildman–Crippen LogP) is -0.416. The fourth-order valence-corrected chi connectivity index (χ4v) is 0.602. The van der Waals surface area contributed by atoms with E-state index in [9.17, 15) is 4.79 Å². The Kier molecular flexibility index (Phi) is 5.50. The smallest absolute Gasteiger partial charge is 0.329 e. The molecule has 5 nitrogen and oxygen atoms in total. The number of rotatable bonds is 4. The number of hydrogen-bond acceptors (Lipinski definition) is 3. The first-order valence-corrected chi connectivity index (χ1v) is 3.55. The number of nitrogens with two attached hydrogens (primary N) is 1. The molecular formula is C6H15N3O2. The Morgan fingerprint density at radius 2 is 2.36 bits per heavy atom. The number of nitrogens with one attached hydrogen (secondary N) is 2. The Morgan fingerprint density at radius 3 is 2.82 bits per heavy atom. The molecule has 1 unspecified atom stereocenters. The van der Waals surface area contributed by atoms with Gasteiger partial charge in [-0.3, -0.25) is 5.43 Å². The zero-order chi connectivity index (χ0) is 8.69. The van der Waals surface area contributed by atoms with Gasteiger partial charge in [0.2, 0.25) is 0 Å². The van der Waals surface area contributed by atoms with Crippen molar-refractivity contribution in [1.82, 2.24) is 10.7 Å².